The number of nitrogens with zero attached hydrogens (tertiary/aromatic N) is 1. The van der Waals surface area contributed by atoms with Crippen LogP contribution in [0, 0.1) is 0 Å². The first-order valence-corrected chi connectivity index (χ1v) is 6.83. The first-order valence-electron chi connectivity index (χ1n) is 6.25. The number of rotatable bonds is 2. The van der Waals surface area contributed by atoms with Gasteiger partial charge in [-0.05, 0) is 23.5 Å². The fourth-order valence-electron chi connectivity index (χ4n) is 2.16. The van der Waals surface area contributed by atoms with Gasteiger partial charge in [0, 0.05) is 23.6 Å². The van der Waals surface area contributed by atoms with Crippen LogP contribution in [0.3, 0.4) is 0 Å². The number of amides is 1. The molecular weight excluding hydrogens is 269 g/mol. The molecule has 0 aliphatic rings. The van der Waals surface area contributed by atoms with Crippen LogP contribution in [0.1, 0.15) is 6.92 Å². The molecule has 0 saturated carbocycles. The molecule has 0 bridgehead atoms. The van der Waals surface area contributed by atoms with Gasteiger partial charge in [-0.25, -0.2) is 0 Å². The molecule has 5 heteroatoms. The number of hydrogen-bond donors (Lipinski definition) is 2. The van der Waals surface area contributed by atoms with Crippen molar-refractivity contribution in [3.8, 4) is 11.3 Å². The van der Waals surface area contributed by atoms with Crippen LogP contribution in [0.25, 0.3) is 22.2 Å². The van der Waals surface area contributed by atoms with Gasteiger partial charge in [0.2, 0.25) is 5.91 Å². The van der Waals surface area contributed by atoms with Gasteiger partial charge in [0.15, 0.2) is 0 Å². The standard InChI is InChI=1S/C15H14N3OP/c1-9(19)16-11-4-7-14-13(8-11)15(18-17-14)10-2-5-12(20)6-3-10/h2-8H,20H2,1H3,(H,16,19)(H,17,18). The highest BCUT2D eigenvalue weighted by atomic mass is 31.0. The molecule has 20 heavy (non-hydrogen) atoms. The van der Waals surface area contributed by atoms with Crippen molar-refractivity contribution in [2.24, 2.45) is 0 Å². The lowest BCUT2D eigenvalue weighted by Crippen LogP contribution is -2.05. The quantitative estimate of drug-likeness (QED) is 0.710. The van der Waals surface area contributed by atoms with E-state index in [1.807, 2.05) is 42.5 Å². The summed E-state index contributed by atoms with van der Waals surface area (Å²) < 4.78 is 0. The number of carbonyl (C=O) groups is 1. The number of benzene rings is 2. The third-order valence-electron chi connectivity index (χ3n) is 3.07. The topological polar surface area (TPSA) is 57.8 Å². The van der Waals surface area contributed by atoms with Crippen molar-refractivity contribution in [2.45, 2.75) is 6.92 Å². The second-order valence-corrected chi connectivity index (χ2v) is 5.30. The van der Waals surface area contributed by atoms with E-state index < -0.39 is 0 Å². The largest absolute Gasteiger partial charge is 0.326 e. The second-order valence-electron chi connectivity index (χ2n) is 4.64. The zero-order valence-corrected chi connectivity index (χ0v) is 12.1. The molecule has 2 N–H and O–H groups in total. The number of aromatic amines is 1. The molecule has 3 rings (SSSR count). The van der Waals surface area contributed by atoms with Crippen molar-refractivity contribution in [3.63, 3.8) is 0 Å². The summed E-state index contributed by atoms with van der Waals surface area (Å²) in [5.74, 6) is -0.0817. The monoisotopic (exact) mass is 283 g/mol. The van der Waals surface area contributed by atoms with Gasteiger partial charge in [-0.15, -0.1) is 9.24 Å². The van der Waals surface area contributed by atoms with Crippen LogP contribution in [0.4, 0.5) is 5.69 Å². The van der Waals surface area contributed by atoms with Gasteiger partial charge in [0.05, 0.1) is 11.2 Å². The lowest BCUT2D eigenvalue weighted by molar-refractivity contribution is -0.114. The summed E-state index contributed by atoms with van der Waals surface area (Å²) in [5, 5.41) is 12.3. The zero-order chi connectivity index (χ0) is 14.1. The van der Waals surface area contributed by atoms with Crippen molar-refractivity contribution in [2.75, 3.05) is 5.32 Å². The smallest absolute Gasteiger partial charge is 0.221 e. The fourth-order valence-corrected chi connectivity index (χ4v) is 2.35. The molecule has 1 unspecified atom stereocenters. The van der Waals surface area contributed by atoms with E-state index in [-0.39, 0.29) is 5.91 Å². The SMILES string of the molecule is CC(=O)Nc1ccc2[nH]nc(-c3ccc(P)cc3)c2c1. The van der Waals surface area contributed by atoms with Gasteiger partial charge in [-0.3, -0.25) is 9.89 Å². The average Bonchev–Trinajstić information content (AvgIpc) is 2.82. The van der Waals surface area contributed by atoms with Crippen LogP contribution in [-0.2, 0) is 4.79 Å². The molecule has 1 aromatic heterocycles. The minimum absolute atomic E-state index is 0.0817. The molecule has 1 heterocycles. The number of H-pyrrole nitrogens is 1. The highest BCUT2D eigenvalue weighted by Crippen LogP contribution is 2.28. The third-order valence-corrected chi connectivity index (χ3v) is 3.45. The molecule has 0 aliphatic heterocycles. The van der Waals surface area contributed by atoms with E-state index >= 15 is 0 Å². The summed E-state index contributed by atoms with van der Waals surface area (Å²) in [6.07, 6.45) is 0. The molecule has 0 aliphatic carbocycles. The molecule has 1 amide bonds. The van der Waals surface area contributed by atoms with Crippen LogP contribution < -0.4 is 10.6 Å². The Balaban J connectivity index is 2.11. The minimum Gasteiger partial charge on any atom is -0.326 e. The zero-order valence-electron chi connectivity index (χ0n) is 11.0. The Morgan fingerprint density at radius 3 is 2.65 bits per heavy atom. The first-order chi connectivity index (χ1) is 9.63. The van der Waals surface area contributed by atoms with Gasteiger partial charge in [0.25, 0.3) is 0 Å². The molecule has 0 radical (unpaired) electrons. The van der Waals surface area contributed by atoms with E-state index in [4.69, 9.17) is 0 Å². The third kappa shape index (κ3) is 2.43. The maximum Gasteiger partial charge on any atom is 0.221 e. The normalized spacial score (nSPS) is 10.7. The average molecular weight is 283 g/mol. The van der Waals surface area contributed by atoms with E-state index in [0.29, 0.717) is 0 Å². The Bertz CT molecular complexity index is 777. The van der Waals surface area contributed by atoms with Crippen molar-refractivity contribution < 1.29 is 4.79 Å². The first kappa shape index (κ1) is 12.8. The van der Waals surface area contributed by atoms with Gasteiger partial charge < -0.3 is 5.32 Å². The molecule has 4 nitrogen and oxygen atoms in total. The van der Waals surface area contributed by atoms with Gasteiger partial charge in [-0.2, -0.15) is 5.10 Å². The Hall–Kier alpha value is -2.19. The molecule has 2 aromatic carbocycles. The molecule has 1 atom stereocenters. The summed E-state index contributed by atoms with van der Waals surface area (Å²) in [6, 6.07) is 13.8. The van der Waals surface area contributed by atoms with E-state index in [0.717, 1.165) is 33.2 Å². The van der Waals surface area contributed by atoms with Crippen molar-refractivity contribution >= 4 is 37.0 Å². The van der Waals surface area contributed by atoms with E-state index in [2.05, 4.69) is 24.8 Å². The van der Waals surface area contributed by atoms with Crippen LogP contribution in [0.15, 0.2) is 42.5 Å². The van der Waals surface area contributed by atoms with Crippen LogP contribution in [0.2, 0.25) is 0 Å². The molecule has 3 aromatic rings. The van der Waals surface area contributed by atoms with E-state index in [1.165, 1.54) is 6.92 Å². The van der Waals surface area contributed by atoms with Crippen molar-refractivity contribution in [1.29, 1.82) is 0 Å². The van der Waals surface area contributed by atoms with Crippen LogP contribution in [0.5, 0.6) is 0 Å². The van der Waals surface area contributed by atoms with Crippen LogP contribution in [-0.4, -0.2) is 16.1 Å². The Morgan fingerprint density at radius 1 is 1.20 bits per heavy atom. The fraction of sp³-hybridized carbons (Fsp3) is 0.0667. The van der Waals surface area contributed by atoms with Crippen molar-refractivity contribution in [1.82, 2.24) is 10.2 Å². The van der Waals surface area contributed by atoms with Gasteiger partial charge >= 0.3 is 0 Å². The van der Waals surface area contributed by atoms with Gasteiger partial charge in [-0.1, -0.05) is 24.3 Å². The van der Waals surface area contributed by atoms with Crippen molar-refractivity contribution in [3.05, 3.63) is 42.5 Å². The number of anilines is 1. The summed E-state index contributed by atoms with van der Waals surface area (Å²) in [4.78, 5) is 11.1. The maximum absolute atomic E-state index is 11.1. The highest BCUT2D eigenvalue weighted by molar-refractivity contribution is 7.27. The highest BCUT2D eigenvalue weighted by Gasteiger charge is 2.09. The van der Waals surface area contributed by atoms with E-state index in [1.54, 1.807) is 0 Å². The number of nitrogens with one attached hydrogen (secondary N) is 2. The molecule has 0 saturated heterocycles. The minimum atomic E-state index is -0.0817. The number of carbonyl (C=O) groups excluding carboxylic acids is 1. The lowest BCUT2D eigenvalue weighted by atomic mass is 10.1. The summed E-state index contributed by atoms with van der Waals surface area (Å²) in [7, 11) is 2.66. The number of hydrogen-bond acceptors (Lipinski definition) is 2. The maximum atomic E-state index is 11.1. The predicted octanol–water partition coefficient (Wildman–Crippen LogP) is 2.69. The molecule has 0 fully saturated rings. The number of aromatic nitrogens is 2. The Kier molecular flexibility index (Phi) is 3.25. The summed E-state index contributed by atoms with van der Waals surface area (Å²) in [6.45, 7) is 1.50. The Morgan fingerprint density at radius 2 is 1.95 bits per heavy atom. The second kappa shape index (κ2) is 5.06. The van der Waals surface area contributed by atoms with Gasteiger partial charge in [0.1, 0.15) is 0 Å². The lowest BCUT2D eigenvalue weighted by Gasteiger charge is -2.03. The summed E-state index contributed by atoms with van der Waals surface area (Å²) >= 11 is 0. The Labute approximate surface area is 118 Å². The molecule has 0 spiro atoms. The summed E-state index contributed by atoms with van der Waals surface area (Å²) in [5.41, 5.74) is 3.65. The molecular formula is C15H14N3OP. The van der Waals surface area contributed by atoms with E-state index in [9.17, 15) is 4.79 Å². The number of fused-ring (bicyclic) bond motifs is 1. The predicted molar refractivity (Wildman–Crippen MR) is 85.2 cm³/mol. The van der Waals surface area contributed by atoms with Crippen LogP contribution >= 0.6 is 9.24 Å². The molecule has 100 valence electrons.